The van der Waals surface area contributed by atoms with E-state index in [-0.39, 0.29) is 6.10 Å². The van der Waals surface area contributed by atoms with Gasteiger partial charge in [-0.15, -0.1) is 0 Å². The van der Waals surface area contributed by atoms with Crippen molar-refractivity contribution in [3.05, 3.63) is 35.9 Å². The van der Waals surface area contributed by atoms with Crippen molar-refractivity contribution >= 4 is 0 Å². The number of nitrogens with two attached hydrogens (primary N) is 1. The zero-order valence-electron chi connectivity index (χ0n) is 11.3. The summed E-state index contributed by atoms with van der Waals surface area (Å²) in [6, 6.07) is 10.0. The molecule has 4 nitrogen and oxygen atoms in total. The van der Waals surface area contributed by atoms with E-state index in [4.69, 9.17) is 10.5 Å². The first-order valence-electron chi connectivity index (χ1n) is 7.00. The number of piperidine rings is 1. The van der Waals surface area contributed by atoms with Crippen molar-refractivity contribution in [2.24, 2.45) is 5.73 Å². The molecule has 0 aliphatic carbocycles. The Morgan fingerprint density at radius 1 is 1.26 bits per heavy atom. The molecule has 19 heavy (non-hydrogen) atoms. The molecule has 2 rings (SSSR count). The molecule has 0 bridgehead atoms. The Morgan fingerprint density at radius 3 is 2.58 bits per heavy atom. The lowest BCUT2D eigenvalue weighted by Gasteiger charge is -2.35. The molecule has 1 aliphatic heterocycles. The Kier molecular flexibility index (Phi) is 5.34. The number of hydrogen-bond donors (Lipinski definition) is 3. The van der Waals surface area contributed by atoms with Gasteiger partial charge in [-0.05, 0) is 31.5 Å². The van der Waals surface area contributed by atoms with Crippen molar-refractivity contribution in [2.75, 3.05) is 19.6 Å². The molecular weight excluding hydrogens is 240 g/mol. The normalized spacial score (nSPS) is 20.1. The molecule has 1 aromatic carbocycles. The van der Waals surface area contributed by atoms with Crippen molar-refractivity contribution in [3.63, 3.8) is 0 Å². The van der Waals surface area contributed by atoms with Crippen molar-refractivity contribution in [1.82, 2.24) is 5.32 Å². The third-order valence-electron chi connectivity index (χ3n) is 3.73. The van der Waals surface area contributed by atoms with Crippen molar-refractivity contribution in [2.45, 2.75) is 37.6 Å². The van der Waals surface area contributed by atoms with Crippen LogP contribution in [0.25, 0.3) is 0 Å². The van der Waals surface area contributed by atoms with E-state index in [0.717, 1.165) is 31.5 Å². The smallest absolute Gasteiger partial charge is 0.0729 e. The summed E-state index contributed by atoms with van der Waals surface area (Å²) in [4.78, 5) is 0. The Labute approximate surface area is 115 Å². The second-order valence-corrected chi connectivity index (χ2v) is 5.33. The molecule has 106 valence electrons. The molecule has 0 amide bonds. The zero-order chi connectivity index (χ0) is 13.6. The average Bonchev–Trinajstić information content (AvgIpc) is 2.45. The minimum atomic E-state index is -0.619. The van der Waals surface area contributed by atoms with Crippen LogP contribution >= 0.6 is 0 Å². The SMILES string of the molecule is NCC(CC1(O)CCNCC1)OCc1ccccc1. The topological polar surface area (TPSA) is 67.5 Å². The lowest BCUT2D eigenvalue weighted by Crippen LogP contribution is -2.45. The molecule has 1 fully saturated rings. The largest absolute Gasteiger partial charge is 0.390 e. The minimum Gasteiger partial charge on any atom is -0.390 e. The van der Waals surface area contributed by atoms with Gasteiger partial charge in [-0.2, -0.15) is 0 Å². The standard InChI is InChI=1S/C15H24N2O2/c16-11-14(10-15(18)6-8-17-9-7-15)19-12-13-4-2-1-3-5-13/h1-5,14,17-18H,6-12,16H2. The zero-order valence-corrected chi connectivity index (χ0v) is 11.3. The summed E-state index contributed by atoms with van der Waals surface area (Å²) in [5.41, 5.74) is 6.28. The first kappa shape index (κ1) is 14.5. The number of hydrogen-bond acceptors (Lipinski definition) is 4. The minimum absolute atomic E-state index is 0.0803. The average molecular weight is 264 g/mol. The van der Waals surface area contributed by atoms with Crippen LogP contribution in [0.2, 0.25) is 0 Å². The molecule has 4 heteroatoms. The van der Waals surface area contributed by atoms with Crippen molar-refractivity contribution < 1.29 is 9.84 Å². The summed E-state index contributed by atoms with van der Waals surface area (Å²) in [5, 5.41) is 13.8. The Morgan fingerprint density at radius 2 is 1.95 bits per heavy atom. The van der Waals surface area contributed by atoms with E-state index in [1.807, 2.05) is 30.3 Å². The van der Waals surface area contributed by atoms with Crippen LogP contribution < -0.4 is 11.1 Å². The molecule has 0 aromatic heterocycles. The molecular formula is C15H24N2O2. The van der Waals surface area contributed by atoms with Crippen LogP contribution in [0.5, 0.6) is 0 Å². The summed E-state index contributed by atoms with van der Waals surface area (Å²) in [6.07, 6.45) is 2.09. The van der Waals surface area contributed by atoms with E-state index in [2.05, 4.69) is 5.32 Å². The first-order valence-corrected chi connectivity index (χ1v) is 7.00. The highest BCUT2D eigenvalue weighted by atomic mass is 16.5. The van der Waals surface area contributed by atoms with E-state index in [9.17, 15) is 5.11 Å². The summed E-state index contributed by atoms with van der Waals surface area (Å²) in [5.74, 6) is 0. The quantitative estimate of drug-likeness (QED) is 0.718. The molecule has 4 N–H and O–H groups in total. The van der Waals surface area contributed by atoms with Crippen LogP contribution in [0.4, 0.5) is 0 Å². The van der Waals surface area contributed by atoms with Gasteiger partial charge in [-0.3, -0.25) is 0 Å². The molecule has 1 aliphatic rings. The Bertz CT molecular complexity index is 364. The molecule has 0 spiro atoms. The van der Waals surface area contributed by atoms with E-state index in [1.54, 1.807) is 0 Å². The molecule has 1 heterocycles. The molecule has 1 saturated heterocycles. The van der Waals surface area contributed by atoms with Crippen LogP contribution in [0.1, 0.15) is 24.8 Å². The number of benzene rings is 1. The second-order valence-electron chi connectivity index (χ2n) is 5.33. The van der Waals surface area contributed by atoms with Crippen LogP contribution in [0, 0.1) is 0 Å². The lowest BCUT2D eigenvalue weighted by molar-refractivity contribution is -0.0566. The van der Waals surface area contributed by atoms with Gasteiger partial charge in [-0.25, -0.2) is 0 Å². The van der Waals surface area contributed by atoms with E-state index in [0.29, 0.717) is 19.6 Å². The fourth-order valence-corrected chi connectivity index (χ4v) is 2.52. The highest BCUT2D eigenvalue weighted by molar-refractivity contribution is 5.13. The number of nitrogens with one attached hydrogen (secondary N) is 1. The second kappa shape index (κ2) is 7.01. The molecule has 0 saturated carbocycles. The Hall–Kier alpha value is -0.940. The van der Waals surface area contributed by atoms with Gasteiger partial charge in [0.2, 0.25) is 0 Å². The van der Waals surface area contributed by atoms with Gasteiger partial charge >= 0.3 is 0 Å². The predicted octanol–water partition coefficient (Wildman–Crippen LogP) is 1.04. The van der Waals surface area contributed by atoms with Gasteiger partial charge in [0.15, 0.2) is 0 Å². The van der Waals surface area contributed by atoms with E-state index >= 15 is 0 Å². The van der Waals surface area contributed by atoms with Gasteiger partial charge < -0.3 is 20.9 Å². The van der Waals surface area contributed by atoms with Crippen molar-refractivity contribution in [1.29, 1.82) is 0 Å². The monoisotopic (exact) mass is 264 g/mol. The highest BCUT2D eigenvalue weighted by Gasteiger charge is 2.32. The van der Waals surface area contributed by atoms with Gasteiger partial charge in [0.25, 0.3) is 0 Å². The first-order chi connectivity index (χ1) is 9.22. The summed E-state index contributed by atoms with van der Waals surface area (Å²) in [6.45, 7) is 2.73. The third-order valence-corrected chi connectivity index (χ3v) is 3.73. The van der Waals surface area contributed by atoms with Crippen LogP contribution in [-0.2, 0) is 11.3 Å². The number of aliphatic hydroxyl groups is 1. The molecule has 1 aromatic rings. The van der Waals surface area contributed by atoms with Crippen LogP contribution in [0.15, 0.2) is 30.3 Å². The van der Waals surface area contributed by atoms with E-state index < -0.39 is 5.60 Å². The summed E-state index contributed by atoms with van der Waals surface area (Å²) >= 11 is 0. The molecule has 1 unspecified atom stereocenters. The maximum atomic E-state index is 10.5. The fraction of sp³-hybridized carbons (Fsp3) is 0.600. The lowest BCUT2D eigenvalue weighted by atomic mass is 9.87. The number of rotatable bonds is 6. The van der Waals surface area contributed by atoms with Crippen LogP contribution in [-0.4, -0.2) is 36.4 Å². The predicted molar refractivity (Wildman–Crippen MR) is 75.7 cm³/mol. The molecule has 1 atom stereocenters. The van der Waals surface area contributed by atoms with Crippen LogP contribution in [0.3, 0.4) is 0 Å². The summed E-state index contributed by atoms with van der Waals surface area (Å²) < 4.78 is 5.84. The van der Waals surface area contributed by atoms with Gasteiger partial charge in [-0.1, -0.05) is 30.3 Å². The highest BCUT2D eigenvalue weighted by Crippen LogP contribution is 2.25. The fourth-order valence-electron chi connectivity index (χ4n) is 2.52. The maximum Gasteiger partial charge on any atom is 0.0729 e. The van der Waals surface area contributed by atoms with Gasteiger partial charge in [0.05, 0.1) is 18.3 Å². The number of ether oxygens (including phenoxy) is 1. The summed E-state index contributed by atoms with van der Waals surface area (Å²) in [7, 11) is 0. The maximum absolute atomic E-state index is 10.5. The van der Waals surface area contributed by atoms with Gasteiger partial charge in [0, 0.05) is 13.0 Å². The molecule has 0 radical (unpaired) electrons. The van der Waals surface area contributed by atoms with E-state index in [1.165, 1.54) is 0 Å². The van der Waals surface area contributed by atoms with Crippen molar-refractivity contribution in [3.8, 4) is 0 Å². The Balaban J connectivity index is 1.82. The van der Waals surface area contributed by atoms with Gasteiger partial charge in [0.1, 0.15) is 0 Å². The third kappa shape index (κ3) is 4.58.